The Bertz CT molecular complexity index is 585. The van der Waals surface area contributed by atoms with Gasteiger partial charge in [0.05, 0.1) is 25.9 Å². The second-order valence-electron chi connectivity index (χ2n) is 4.56. The standard InChI is InChI=1S/C12H17FN2O4S/c1-8-4-10(13)12(5-11(8)14)20(16,17)15-6-9-7-18-2-3-19-9/h4-5,9,15H,2-3,6-7,14H2,1H3. The monoisotopic (exact) mass is 304 g/mol. The van der Waals surface area contributed by atoms with Crippen LogP contribution in [0.2, 0.25) is 0 Å². The first-order chi connectivity index (χ1) is 9.40. The molecule has 112 valence electrons. The van der Waals surface area contributed by atoms with Gasteiger partial charge >= 0.3 is 0 Å². The smallest absolute Gasteiger partial charge is 0.243 e. The van der Waals surface area contributed by atoms with Crippen molar-refractivity contribution in [2.24, 2.45) is 0 Å². The van der Waals surface area contributed by atoms with Gasteiger partial charge in [-0.15, -0.1) is 0 Å². The Kier molecular flexibility index (Phi) is 4.59. The zero-order valence-corrected chi connectivity index (χ0v) is 11.9. The maximum atomic E-state index is 13.8. The molecule has 1 unspecified atom stereocenters. The summed E-state index contributed by atoms with van der Waals surface area (Å²) in [6.07, 6.45) is -0.371. The summed E-state index contributed by atoms with van der Waals surface area (Å²) < 4.78 is 50.6. The van der Waals surface area contributed by atoms with Crippen LogP contribution in [0.25, 0.3) is 0 Å². The van der Waals surface area contributed by atoms with E-state index in [0.29, 0.717) is 25.4 Å². The van der Waals surface area contributed by atoms with E-state index in [9.17, 15) is 12.8 Å². The molecule has 0 spiro atoms. The van der Waals surface area contributed by atoms with Crippen molar-refractivity contribution < 1.29 is 22.3 Å². The molecule has 1 aromatic carbocycles. The predicted octanol–water partition coefficient (Wildman–Crippen LogP) is 0.410. The number of benzene rings is 1. The molecule has 20 heavy (non-hydrogen) atoms. The zero-order chi connectivity index (χ0) is 14.8. The number of nitrogens with one attached hydrogen (secondary N) is 1. The first kappa shape index (κ1) is 15.2. The number of sulfonamides is 1. The summed E-state index contributed by atoms with van der Waals surface area (Å²) >= 11 is 0. The minimum Gasteiger partial charge on any atom is -0.398 e. The summed E-state index contributed by atoms with van der Waals surface area (Å²) in [6, 6.07) is 2.22. The van der Waals surface area contributed by atoms with Crippen molar-refractivity contribution in [2.45, 2.75) is 17.9 Å². The van der Waals surface area contributed by atoms with Crippen molar-refractivity contribution in [1.82, 2.24) is 4.72 Å². The quantitative estimate of drug-likeness (QED) is 0.786. The third kappa shape index (κ3) is 3.45. The first-order valence-corrected chi connectivity index (χ1v) is 7.63. The Labute approximate surface area is 117 Å². The molecule has 0 saturated carbocycles. The van der Waals surface area contributed by atoms with Gasteiger partial charge in [0.1, 0.15) is 10.7 Å². The number of nitrogens with two attached hydrogens (primary N) is 1. The van der Waals surface area contributed by atoms with Gasteiger partial charge in [-0.1, -0.05) is 0 Å². The highest BCUT2D eigenvalue weighted by Crippen LogP contribution is 2.21. The second-order valence-corrected chi connectivity index (χ2v) is 6.29. The summed E-state index contributed by atoms with van der Waals surface area (Å²) in [4.78, 5) is -0.461. The summed E-state index contributed by atoms with van der Waals surface area (Å²) in [5, 5.41) is 0. The number of aryl methyl sites for hydroxylation is 1. The van der Waals surface area contributed by atoms with Crippen LogP contribution in [0.5, 0.6) is 0 Å². The second kappa shape index (κ2) is 6.04. The molecule has 3 N–H and O–H groups in total. The van der Waals surface area contributed by atoms with Crippen LogP contribution in [-0.2, 0) is 19.5 Å². The number of halogens is 1. The number of hydrogen-bond donors (Lipinski definition) is 2. The predicted molar refractivity (Wildman–Crippen MR) is 71.3 cm³/mol. The molecule has 1 atom stereocenters. The van der Waals surface area contributed by atoms with E-state index in [2.05, 4.69) is 4.72 Å². The maximum Gasteiger partial charge on any atom is 0.243 e. The molecular weight excluding hydrogens is 287 g/mol. The Morgan fingerprint density at radius 3 is 2.85 bits per heavy atom. The SMILES string of the molecule is Cc1cc(F)c(S(=O)(=O)NCC2COCCO2)cc1N. The number of rotatable bonds is 4. The van der Waals surface area contributed by atoms with E-state index in [0.717, 1.165) is 12.1 Å². The molecule has 0 radical (unpaired) electrons. The van der Waals surface area contributed by atoms with E-state index in [1.165, 1.54) is 0 Å². The number of hydrogen-bond acceptors (Lipinski definition) is 5. The maximum absolute atomic E-state index is 13.8. The van der Waals surface area contributed by atoms with Gasteiger partial charge in [-0.05, 0) is 24.6 Å². The van der Waals surface area contributed by atoms with Gasteiger partial charge < -0.3 is 15.2 Å². The molecule has 0 aliphatic carbocycles. The number of nitrogen functional groups attached to an aromatic ring is 1. The van der Waals surface area contributed by atoms with Crippen LogP contribution in [0.15, 0.2) is 17.0 Å². The molecular formula is C12H17FN2O4S. The fourth-order valence-electron chi connectivity index (χ4n) is 1.81. The molecule has 0 amide bonds. The van der Waals surface area contributed by atoms with Crippen LogP contribution < -0.4 is 10.5 Å². The van der Waals surface area contributed by atoms with Crippen LogP contribution in [-0.4, -0.2) is 40.9 Å². The van der Waals surface area contributed by atoms with Crippen LogP contribution in [0.4, 0.5) is 10.1 Å². The highest BCUT2D eigenvalue weighted by atomic mass is 32.2. The third-order valence-electron chi connectivity index (χ3n) is 3.00. The average molecular weight is 304 g/mol. The Morgan fingerprint density at radius 2 is 2.20 bits per heavy atom. The van der Waals surface area contributed by atoms with Crippen LogP contribution >= 0.6 is 0 Å². The zero-order valence-electron chi connectivity index (χ0n) is 11.1. The highest BCUT2D eigenvalue weighted by Gasteiger charge is 2.23. The molecule has 1 heterocycles. The van der Waals surface area contributed by atoms with E-state index < -0.39 is 20.7 Å². The molecule has 8 heteroatoms. The van der Waals surface area contributed by atoms with Crippen molar-refractivity contribution in [3.8, 4) is 0 Å². The fourth-order valence-corrected chi connectivity index (χ4v) is 2.97. The van der Waals surface area contributed by atoms with Gasteiger partial charge in [-0.3, -0.25) is 0 Å². The van der Waals surface area contributed by atoms with Crippen LogP contribution in [0, 0.1) is 12.7 Å². The average Bonchev–Trinajstić information content (AvgIpc) is 2.42. The van der Waals surface area contributed by atoms with Gasteiger partial charge in [0.2, 0.25) is 10.0 Å². The van der Waals surface area contributed by atoms with E-state index in [1.807, 2.05) is 0 Å². The molecule has 1 fully saturated rings. The normalized spacial score (nSPS) is 20.0. The molecule has 0 bridgehead atoms. The summed E-state index contributed by atoms with van der Waals surface area (Å²) in [6.45, 7) is 2.84. The minimum atomic E-state index is -3.97. The largest absolute Gasteiger partial charge is 0.398 e. The van der Waals surface area contributed by atoms with Gasteiger partial charge in [-0.25, -0.2) is 17.5 Å². The lowest BCUT2D eigenvalue weighted by Gasteiger charge is -2.23. The molecule has 6 nitrogen and oxygen atoms in total. The summed E-state index contributed by atoms with van der Waals surface area (Å²) in [5.41, 5.74) is 6.34. The molecule has 1 saturated heterocycles. The molecule has 2 rings (SSSR count). The molecule has 1 aliphatic heterocycles. The van der Waals surface area contributed by atoms with Gasteiger partial charge in [0.15, 0.2) is 0 Å². The van der Waals surface area contributed by atoms with Crippen molar-refractivity contribution >= 4 is 15.7 Å². The summed E-state index contributed by atoms with van der Waals surface area (Å²) in [5.74, 6) is -0.829. The minimum absolute atomic E-state index is 0.0234. The lowest BCUT2D eigenvalue weighted by atomic mass is 10.2. The van der Waals surface area contributed by atoms with E-state index in [-0.39, 0.29) is 18.3 Å². The van der Waals surface area contributed by atoms with Gasteiger partial charge in [-0.2, -0.15) is 0 Å². The first-order valence-electron chi connectivity index (χ1n) is 6.15. The lowest BCUT2D eigenvalue weighted by Crippen LogP contribution is -2.39. The lowest BCUT2D eigenvalue weighted by molar-refractivity contribution is -0.0847. The van der Waals surface area contributed by atoms with Crippen molar-refractivity contribution in [3.63, 3.8) is 0 Å². The van der Waals surface area contributed by atoms with Crippen LogP contribution in [0.1, 0.15) is 5.56 Å². The van der Waals surface area contributed by atoms with Crippen LogP contribution in [0.3, 0.4) is 0 Å². The molecule has 1 aliphatic rings. The third-order valence-corrected chi connectivity index (χ3v) is 4.43. The topological polar surface area (TPSA) is 90.7 Å². The van der Waals surface area contributed by atoms with Crippen molar-refractivity contribution in [1.29, 1.82) is 0 Å². The highest BCUT2D eigenvalue weighted by molar-refractivity contribution is 7.89. The fraction of sp³-hybridized carbons (Fsp3) is 0.500. The Balaban J connectivity index is 2.11. The number of anilines is 1. The van der Waals surface area contributed by atoms with Gasteiger partial charge in [0, 0.05) is 12.2 Å². The molecule has 1 aromatic rings. The van der Waals surface area contributed by atoms with Crippen molar-refractivity contribution in [2.75, 3.05) is 32.1 Å². The van der Waals surface area contributed by atoms with Gasteiger partial charge in [0.25, 0.3) is 0 Å². The van der Waals surface area contributed by atoms with E-state index >= 15 is 0 Å². The Morgan fingerprint density at radius 1 is 1.45 bits per heavy atom. The van der Waals surface area contributed by atoms with E-state index in [4.69, 9.17) is 15.2 Å². The van der Waals surface area contributed by atoms with E-state index in [1.54, 1.807) is 6.92 Å². The molecule has 0 aromatic heterocycles. The van der Waals surface area contributed by atoms with Crippen molar-refractivity contribution in [3.05, 3.63) is 23.5 Å². The Hall–Kier alpha value is -1.22. The summed E-state index contributed by atoms with van der Waals surface area (Å²) in [7, 11) is -3.97. The number of ether oxygens (including phenoxy) is 2.